The van der Waals surface area contributed by atoms with Crippen LogP contribution in [-0.2, 0) is 30.3 Å². The van der Waals surface area contributed by atoms with Crippen molar-refractivity contribution in [2.75, 3.05) is 76.5 Å². The number of fused-ring (bicyclic) bond motifs is 1. The molecule has 316 valence electrons. The third-order valence-corrected chi connectivity index (χ3v) is 9.21. The summed E-state index contributed by atoms with van der Waals surface area (Å²) < 4.78 is 21.9. The molecular formula is C41H53N9O9. The molecule has 1 fully saturated rings. The highest BCUT2D eigenvalue weighted by atomic mass is 16.5. The molecule has 0 spiro atoms. The fraction of sp³-hybridized carbons (Fsp3) is 0.415. The lowest BCUT2D eigenvalue weighted by atomic mass is 10.1. The summed E-state index contributed by atoms with van der Waals surface area (Å²) in [6, 6.07) is 18.2. The van der Waals surface area contributed by atoms with Crippen LogP contribution in [-0.4, -0.2) is 118 Å². The van der Waals surface area contributed by atoms with Crippen LogP contribution in [0.25, 0.3) is 0 Å². The molecule has 18 nitrogen and oxygen atoms in total. The Hall–Kier alpha value is -6.08. The number of guanidine groups is 1. The minimum Gasteiger partial charge on any atom is -0.482 e. The van der Waals surface area contributed by atoms with E-state index in [2.05, 4.69) is 26.3 Å². The van der Waals surface area contributed by atoms with Crippen molar-refractivity contribution in [1.29, 1.82) is 0 Å². The number of hydrogen-bond donors (Lipinski definition) is 7. The van der Waals surface area contributed by atoms with Crippen molar-refractivity contribution in [3.63, 3.8) is 0 Å². The maximum Gasteiger partial charge on any atom is 0.262 e. The van der Waals surface area contributed by atoms with Gasteiger partial charge in [-0.05, 0) is 85.8 Å². The fourth-order valence-corrected chi connectivity index (χ4v) is 5.90. The molecule has 18 heteroatoms. The zero-order chi connectivity index (χ0) is 42.0. The largest absolute Gasteiger partial charge is 0.482 e. The number of aliphatic imine (C=N–C) groups is 1. The summed E-state index contributed by atoms with van der Waals surface area (Å²) >= 11 is 0. The van der Waals surface area contributed by atoms with Crippen molar-refractivity contribution < 1.29 is 42.9 Å². The molecular weight excluding hydrogens is 763 g/mol. The molecule has 0 aromatic heterocycles. The molecule has 3 aromatic carbocycles. The molecule has 10 N–H and O–H groups in total. The SMILES string of the molecule is NC(N)=NCCCC(N)C(=O)NCCOCCOCCOCCNC(=O)c1ccc(NC(=O)c2ccc(CN(C(=O)c3ccc4c(c3)OCC(=O)N4)C3CC3)cc2)cc1. The van der Waals surface area contributed by atoms with Crippen LogP contribution >= 0.6 is 0 Å². The van der Waals surface area contributed by atoms with Crippen LogP contribution in [0.5, 0.6) is 5.75 Å². The first-order valence-electron chi connectivity index (χ1n) is 19.6. The van der Waals surface area contributed by atoms with Crippen molar-refractivity contribution in [2.24, 2.45) is 22.2 Å². The van der Waals surface area contributed by atoms with Crippen LogP contribution in [0, 0.1) is 0 Å². The molecule has 1 unspecified atom stereocenters. The average Bonchev–Trinajstić information content (AvgIpc) is 4.08. The van der Waals surface area contributed by atoms with Gasteiger partial charge in [0, 0.05) is 54.6 Å². The predicted octanol–water partition coefficient (Wildman–Crippen LogP) is 1.35. The number of amides is 5. The Morgan fingerprint density at radius 3 is 2.08 bits per heavy atom. The number of anilines is 2. The third-order valence-electron chi connectivity index (χ3n) is 9.21. The summed E-state index contributed by atoms with van der Waals surface area (Å²) in [7, 11) is 0. The molecule has 1 saturated carbocycles. The topological polar surface area (TPSA) is 264 Å². The summed E-state index contributed by atoms with van der Waals surface area (Å²) in [6.45, 7) is 3.40. The van der Waals surface area contributed by atoms with E-state index in [0.717, 1.165) is 18.4 Å². The standard InChI is InChI=1S/C41H53N9O9/c42-33(2-1-15-47-41(43)44)39(54)46-17-19-57-21-23-58-22-20-56-18-16-45-37(52)28-7-10-31(11-8-28)48-38(53)29-5-3-27(4-6-29)25-50(32-12-13-32)40(55)30-9-14-34-35(24-30)59-26-36(51)49-34/h3-11,14,24,32-33H,1-2,12-13,15-23,25-26,42H2,(H,45,52)(H,46,54)(H,48,53)(H,49,51)(H4,43,44,47). The molecule has 2 aliphatic rings. The van der Waals surface area contributed by atoms with E-state index in [1.54, 1.807) is 54.6 Å². The molecule has 5 rings (SSSR count). The molecule has 0 saturated heterocycles. The van der Waals surface area contributed by atoms with E-state index in [-0.39, 0.29) is 48.1 Å². The molecule has 1 atom stereocenters. The Morgan fingerprint density at radius 2 is 1.42 bits per heavy atom. The van der Waals surface area contributed by atoms with Crippen molar-refractivity contribution in [3.8, 4) is 5.75 Å². The number of carbonyl (C=O) groups excluding carboxylic acids is 5. The second-order valence-electron chi connectivity index (χ2n) is 13.9. The minimum atomic E-state index is -0.636. The zero-order valence-corrected chi connectivity index (χ0v) is 32.9. The summed E-state index contributed by atoms with van der Waals surface area (Å²) in [5, 5.41) is 11.1. The van der Waals surface area contributed by atoms with Gasteiger partial charge >= 0.3 is 0 Å². The highest BCUT2D eigenvalue weighted by molar-refractivity contribution is 6.04. The van der Waals surface area contributed by atoms with Gasteiger partial charge in [0.05, 0.1) is 51.4 Å². The Balaban J connectivity index is 0.911. The zero-order valence-electron chi connectivity index (χ0n) is 32.9. The van der Waals surface area contributed by atoms with Gasteiger partial charge in [0.1, 0.15) is 5.75 Å². The average molecular weight is 816 g/mol. The molecule has 59 heavy (non-hydrogen) atoms. The molecule has 1 aliphatic carbocycles. The van der Waals surface area contributed by atoms with Gasteiger partial charge in [-0.15, -0.1) is 0 Å². The van der Waals surface area contributed by atoms with E-state index in [4.69, 9.17) is 36.1 Å². The Morgan fingerprint density at radius 1 is 0.814 bits per heavy atom. The number of nitrogens with one attached hydrogen (secondary N) is 4. The Labute approximate surface area is 342 Å². The second-order valence-corrected chi connectivity index (χ2v) is 13.9. The maximum absolute atomic E-state index is 13.5. The van der Waals surface area contributed by atoms with Gasteiger partial charge in [-0.25, -0.2) is 0 Å². The number of nitrogens with zero attached hydrogens (tertiary/aromatic N) is 2. The summed E-state index contributed by atoms with van der Waals surface area (Å²) in [4.78, 5) is 68.3. The lowest BCUT2D eigenvalue weighted by molar-refractivity contribution is -0.122. The molecule has 5 amide bonds. The van der Waals surface area contributed by atoms with Crippen LogP contribution in [0.3, 0.4) is 0 Å². The monoisotopic (exact) mass is 815 g/mol. The molecule has 0 radical (unpaired) electrons. The number of carbonyl (C=O) groups is 5. The summed E-state index contributed by atoms with van der Waals surface area (Å²) in [6.07, 6.45) is 2.91. The van der Waals surface area contributed by atoms with Crippen molar-refractivity contribution in [1.82, 2.24) is 15.5 Å². The first-order chi connectivity index (χ1) is 28.6. The van der Waals surface area contributed by atoms with Crippen molar-refractivity contribution in [2.45, 2.75) is 44.3 Å². The van der Waals surface area contributed by atoms with E-state index in [0.29, 0.717) is 112 Å². The number of nitrogens with two attached hydrogens (primary N) is 3. The van der Waals surface area contributed by atoms with Crippen LogP contribution in [0.15, 0.2) is 71.7 Å². The van der Waals surface area contributed by atoms with Crippen molar-refractivity contribution in [3.05, 3.63) is 89.0 Å². The van der Waals surface area contributed by atoms with Gasteiger partial charge in [-0.3, -0.25) is 29.0 Å². The van der Waals surface area contributed by atoms with Crippen LogP contribution in [0.2, 0.25) is 0 Å². The van der Waals surface area contributed by atoms with Gasteiger partial charge in [-0.2, -0.15) is 0 Å². The fourth-order valence-electron chi connectivity index (χ4n) is 5.90. The molecule has 0 bridgehead atoms. The van der Waals surface area contributed by atoms with E-state index in [9.17, 15) is 24.0 Å². The number of benzene rings is 3. The van der Waals surface area contributed by atoms with E-state index in [1.807, 2.05) is 17.0 Å². The maximum atomic E-state index is 13.5. The smallest absolute Gasteiger partial charge is 0.262 e. The quantitative estimate of drug-likeness (QED) is 0.0384. The van der Waals surface area contributed by atoms with Crippen LogP contribution < -0.4 is 43.2 Å². The lowest BCUT2D eigenvalue weighted by Gasteiger charge is -2.24. The van der Waals surface area contributed by atoms with E-state index < -0.39 is 6.04 Å². The van der Waals surface area contributed by atoms with Crippen molar-refractivity contribution >= 4 is 46.9 Å². The predicted molar refractivity (Wildman–Crippen MR) is 220 cm³/mol. The minimum absolute atomic E-state index is 0.0103. The van der Waals surface area contributed by atoms with Crippen LogP contribution in [0.4, 0.5) is 11.4 Å². The first kappa shape index (κ1) is 44.0. The molecule has 1 heterocycles. The number of rotatable bonds is 24. The molecule has 3 aromatic rings. The van der Waals surface area contributed by atoms with Crippen LogP contribution in [0.1, 0.15) is 62.3 Å². The second kappa shape index (κ2) is 22.8. The Kier molecular flexibility index (Phi) is 17.0. The normalized spacial score (nSPS) is 13.5. The first-order valence-corrected chi connectivity index (χ1v) is 19.6. The number of hydrogen-bond acceptors (Lipinski definition) is 11. The van der Waals surface area contributed by atoms with Gasteiger partial charge in [0.2, 0.25) is 5.91 Å². The van der Waals surface area contributed by atoms with E-state index in [1.165, 1.54) is 0 Å². The van der Waals surface area contributed by atoms with Gasteiger partial charge < -0.3 is 62.3 Å². The third kappa shape index (κ3) is 14.7. The lowest BCUT2D eigenvalue weighted by Crippen LogP contribution is -2.42. The number of ether oxygens (including phenoxy) is 4. The highest BCUT2D eigenvalue weighted by Crippen LogP contribution is 2.33. The molecule has 1 aliphatic heterocycles. The summed E-state index contributed by atoms with van der Waals surface area (Å²) in [5.41, 5.74) is 19.7. The Bertz CT molecular complexity index is 1920. The summed E-state index contributed by atoms with van der Waals surface area (Å²) in [5.74, 6) is -0.727. The van der Waals surface area contributed by atoms with Gasteiger partial charge in [0.25, 0.3) is 23.6 Å². The highest BCUT2D eigenvalue weighted by Gasteiger charge is 2.33. The van der Waals surface area contributed by atoms with Gasteiger partial charge in [-0.1, -0.05) is 12.1 Å². The van der Waals surface area contributed by atoms with E-state index >= 15 is 0 Å². The van der Waals surface area contributed by atoms with Gasteiger partial charge in [0.15, 0.2) is 12.6 Å².